The van der Waals surface area contributed by atoms with E-state index >= 15 is 0 Å². The first-order valence-corrected chi connectivity index (χ1v) is 6.27. The first kappa shape index (κ1) is 12.8. The summed E-state index contributed by atoms with van der Waals surface area (Å²) in [6, 6.07) is 0. The van der Waals surface area contributed by atoms with Gasteiger partial charge in [0.05, 0.1) is 0 Å². The number of nitrogens with one attached hydrogen (secondary N) is 1. The van der Waals surface area contributed by atoms with E-state index < -0.39 is 0 Å². The summed E-state index contributed by atoms with van der Waals surface area (Å²) in [5.74, 6) is 1.24. The first-order valence-electron chi connectivity index (χ1n) is 5.73. The summed E-state index contributed by atoms with van der Waals surface area (Å²) in [6.45, 7) is 3.19. The minimum atomic E-state index is 0.0779. The fourth-order valence-corrected chi connectivity index (χ4v) is 2.27. The third-order valence-corrected chi connectivity index (χ3v) is 3.11. The molecule has 1 N–H and O–H groups in total. The normalized spacial score (nSPS) is 22.7. The highest BCUT2D eigenvalue weighted by Gasteiger charge is 2.16. The maximum atomic E-state index is 11.1. The third-order valence-electron chi connectivity index (χ3n) is 2.92. The van der Waals surface area contributed by atoms with E-state index in [1.54, 1.807) is 0 Å². The van der Waals surface area contributed by atoms with E-state index in [2.05, 4.69) is 17.3 Å². The van der Waals surface area contributed by atoms with Gasteiger partial charge in [0.2, 0.25) is 5.91 Å². The van der Waals surface area contributed by atoms with E-state index in [1.165, 1.54) is 25.9 Å². The van der Waals surface area contributed by atoms with Crippen LogP contribution >= 0.6 is 11.6 Å². The quantitative estimate of drug-likeness (QED) is 0.728. The number of amides is 1. The Kier molecular flexibility index (Phi) is 6.03. The smallest absolute Gasteiger partial charge is 0.221 e. The number of rotatable bonds is 5. The minimum Gasteiger partial charge on any atom is -0.356 e. The number of hydrogen-bond acceptors (Lipinski definition) is 2. The van der Waals surface area contributed by atoms with Crippen LogP contribution in [-0.2, 0) is 4.79 Å². The molecule has 0 bridgehead atoms. The maximum Gasteiger partial charge on any atom is 0.221 e. The van der Waals surface area contributed by atoms with E-state index in [1.807, 2.05) is 0 Å². The number of halogens is 1. The topological polar surface area (TPSA) is 32.3 Å². The van der Waals surface area contributed by atoms with Gasteiger partial charge in [-0.3, -0.25) is 4.79 Å². The lowest BCUT2D eigenvalue weighted by atomic mass is 9.95. The van der Waals surface area contributed by atoms with Crippen LogP contribution in [0.5, 0.6) is 0 Å². The largest absolute Gasteiger partial charge is 0.356 e. The molecule has 1 saturated heterocycles. The van der Waals surface area contributed by atoms with Crippen LogP contribution in [0.3, 0.4) is 0 Å². The number of carbonyl (C=O) groups excluding carboxylic acids is 1. The molecule has 0 radical (unpaired) electrons. The van der Waals surface area contributed by atoms with E-state index in [-0.39, 0.29) is 5.91 Å². The highest BCUT2D eigenvalue weighted by molar-refractivity contribution is 6.18. The number of carbonyl (C=O) groups is 1. The zero-order valence-corrected chi connectivity index (χ0v) is 10.2. The second-order valence-corrected chi connectivity index (χ2v) is 4.73. The molecule has 1 amide bonds. The summed E-state index contributed by atoms with van der Waals surface area (Å²) in [7, 11) is 2.16. The van der Waals surface area contributed by atoms with Crippen molar-refractivity contribution in [2.45, 2.75) is 25.7 Å². The lowest BCUT2D eigenvalue weighted by molar-refractivity contribution is -0.120. The molecule has 0 spiro atoms. The average molecular weight is 233 g/mol. The molecule has 88 valence electrons. The Morgan fingerprint density at radius 1 is 1.60 bits per heavy atom. The van der Waals surface area contributed by atoms with Crippen molar-refractivity contribution in [1.29, 1.82) is 0 Å². The molecule has 1 unspecified atom stereocenters. The Balaban J connectivity index is 2.06. The second kappa shape index (κ2) is 7.07. The average Bonchev–Trinajstić information content (AvgIpc) is 2.18. The van der Waals surface area contributed by atoms with Crippen LogP contribution in [0.25, 0.3) is 0 Å². The van der Waals surface area contributed by atoms with Crippen molar-refractivity contribution in [1.82, 2.24) is 10.2 Å². The Bertz CT molecular complexity index is 199. The molecule has 1 aliphatic heterocycles. The van der Waals surface area contributed by atoms with E-state index in [0.29, 0.717) is 12.3 Å². The van der Waals surface area contributed by atoms with Gasteiger partial charge in [-0.2, -0.15) is 0 Å². The predicted octanol–water partition coefficient (Wildman–Crippen LogP) is 1.46. The zero-order chi connectivity index (χ0) is 11.1. The van der Waals surface area contributed by atoms with Gasteiger partial charge in [0.1, 0.15) is 0 Å². The van der Waals surface area contributed by atoms with Gasteiger partial charge >= 0.3 is 0 Å². The molecule has 1 heterocycles. The van der Waals surface area contributed by atoms with E-state index in [9.17, 15) is 4.79 Å². The van der Waals surface area contributed by atoms with Crippen molar-refractivity contribution in [3.63, 3.8) is 0 Å². The SMILES string of the molecule is CN1CCCC(CCNC(=O)CCCl)C1. The van der Waals surface area contributed by atoms with Gasteiger partial charge < -0.3 is 10.2 Å². The summed E-state index contributed by atoms with van der Waals surface area (Å²) in [5, 5.41) is 2.90. The van der Waals surface area contributed by atoms with Crippen molar-refractivity contribution in [3.8, 4) is 0 Å². The summed E-state index contributed by atoms with van der Waals surface area (Å²) < 4.78 is 0. The Labute approximate surface area is 97.2 Å². The maximum absolute atomic E-state index is 11.1. The highest BCUT2D eigenvalue weighted by atomic mass is 35.5. The first-order chi connectivity index (χ1) is 7.22. The lowest BCUT2D eigenvalue weighted by Crippen LogP contribution is -2.34. The summed E-state index contributed by atoms with van der Waals surface area (Å²) in [6.07, 6.45) is 4.12. The van der Waals surface area contributed by atoms with Crippen molar-refractivity contribution in [3.05, 3.63) is 0 Å². The van der Waals surface area contributed by atoms with Gasteiger partial charge in [-0.15, -0.1) is 11.6 Å². The Hall–Kier alpha value is -0.280. The Morgan fingerprint density at radius 3 is 3.07 bits per heavy atom. The van der Waals surface area contributed by atoms with Gasteiger partial charge in [0, 0.05) is 25.4 Å². The third kappa shape index (κ3) is 5.38. The van der Waals surface area contributed by atoms with Crippen LogP contribution in [0.4, 0.5) is 0 Å². The van der Waals surface area contributed by atoms with Crippen molar-refractivity contribution in [2.24, 2.45) is 5.92 Å². The molecule has 0 saturated carbocycles. The van der Waals surface area contributed by atoms with Gasteiger partial charge in [0.15, 0.2) is 0 Å². The van der Waals surface area contributed by atoms with Crippen LogP contribution in [0.1, 0.15) is 25.7 Å². The van der Waals surface area contributed by atoms with Crippen LogP contribution < -0.4 is 5.32 Å². The van der Waals surface area contributed by atoms with Gasteiger partial charge in [-0.1, -0.05) is 0 Å². The molecule has 0 aromatic heterocycles. The summed E-state index contributed by atoms with van der Waals surface area (Å²) in [5.41, 5.74) is 0. The van der Waals surface area contributed by atoms with Crippen molar-refractivity contribution >= 4 is 17.5 Å². The van der Waals surface area contributed by atoms with Gasteiger partial charge in [0.25, 0.3) is 0 Å². The lowest BCUT2D eigenvalue weighted by Gasteiger charge is -2.29. The fourth-order valence-electron chi connectivity index (χ4n) is 2.10. The molecular formula is C11H21ClN2O. The van der Waals surface area contributed by atoms with E-state index in [4.69, 9.17) is 11.6 Å². The van der Waals surface area contributed by atoms with Gasteiger partial charge in [-0.25, -0.2) is 0 Å². The predicted molar refractivity (Wildman–Crippen MR) is 63.2 cm³/mol. The Morgan fingerprint density at radius 2 is 2.40 bits per heavy atom. The molecule has 0 aromatic rings. The van der Waals surface area contributed by atoms with E-state index in [0.717, 1.165) is 18.9 Å². The highest BCUT2D eigenvalue weighted by Crippen LogP contribution is 2.17. The molecule has 15 heavy (non-hydrogen) atoms. The molecular weight excluding hydrogens is 212 g/mol. The minimum absolute atomic E-state index is 0.0779. The number of hydrogen-bond donors (Lipinski definition) is 1. The fraction of sp³-hybridized carbons (Fsp3) is 0.909. The standard InChI is InChI=1S/C11H21ClN2O/c1-14-8-2-3-10(9-14)5-7-13-11(15)4-6-12/h10H,2-9H2,1H3,(H,13,15). The van der Waals surface area contributed by atoms with Gasteiger partial charge in [-0.05, 0) is 38.8 Å². The van der Waals surface area contributed by atoms with Crippen LogP contribution in [-0.4, -0.2) is 43.4 Å². The molecule has 1 atom stereocenters. The monoisotopic (exact) mass is 232 g/mol. The molecule has 1 fully saturated rings. The molecule has 1 aliphatic rings. The summed E-state index contributed by atoms with van der Waals surface area (Å²) in [4.78, 5) is 13.5. The molecule has 0 aromatic carbocycles. The van der Waals surface area contributed by atoms with Crippen LogP contribution in [0.2, 0.25) is 0 Å². The zero-order valence-electron chi connectivity index (χ0n) is 9.47. The number of alkyl halides is 1. The second-order valence-electron chi connectivity index (χ2n) is 4.35. The molecule has 4 heteroatoms. The number of piperidine rings is 1. The van der Waals surface area contributed by atoms with Crippen LogP contribution in [0.15, 0.2) is 0 Å². The van der Waals surface area contributed by atoms with Crippen molar-refractivity contribution < 1.29 is 4.79 Å². The molecule has 0 aliphatic carbocycles. The summed E-state index contributed by atoms with van der Waals surface area (Å²) >= 11 is 5.48. The van der Waals surface area contributed by atoms with Crippen molar-refractivity contribution in [2.75, 3.05) is 32.6 Å². The molecule has 1 rings (SSSR count). The number of nitrogens with zero attached hydrogens (tertiary/aromatic N) is 1. The molecule has 3 nitrogen and oxygen atoms in total. The number of likely N-dealkylation sites (tertiary alicyclic amines) is 1. The van der Waals surface area contributed by atoms with Crippen LogP contribution in [0, 0.1) is 5.92 Å².